The normalized spacial score (nSPS) is 12.2. The molecule has 4 heteroatoms. The van der Waals surface area contributed by atoms with Crippen molar-refractivity contribution in [2.45, 2.75) is 13.8 Å². The van der Waals surface area contributed by atoms with Crippen LogP contribution < -0.4 is 11.1 Å². The van der Waals surface area contributed by atoms with Gasteiger partial charge in [0, 0.05) is 11.0 Å². The van der Waals surface area contributed by atoms with E-state index in [1.54, 1.807) is 6.07 Å². The van der Waals surface area contributed by atoms with E-state index in [4.69, 9.17) is 11.0 Å². The predicted octanol–water partition coefficient (Wildman–Crippen LogP) is 2.96. The molecule has 0 heterocycles. The fourth-order valence-electron chi connectivity index (χ4n) is 1.59. The van der Waals surface area contributed by atoms with Crippen LogP contribution in [-0.2, 0) is 0 Å². The summed E-state index contributed by atoms with van der Waals surface area (Å²) in [5.41, 5.74) is 7.25. The molecule has 0 aliphatic heterocycles. The second-order valence-electron chi connectivity index (χ2n) is 4.42. The minimum atomic E-state index is 0.417. The lowest BCUT2D eigenvalue weighted by Gasteiger charge is -2.20. The lowest BCUT2D eigenvalue weighted by atomic mass is 9.96. The molecule has 0 saturated heterocycles. The number of anilines is 1. The molecule has 1 atom stereocenters. The minimum Gasteiger partial charge on any atom is -0.384 e. The van der Waals surface area contributed by atoms with Crippen LogP contribution in [0.1, 0.15) is 19.4 Å². The Bertz CT molecular complexity index is 410. The first-order chi connectivity index (χ1) is 8.08. The molecule has 3 nitrogen and oxygen atoms in total. The van der Waals surface area contributed by atoms with E-state index in [-0.39, 0.29) is 0 Å². The number of nitriles is 1. The van der Waals surface area contributed by atoms with Crippen LogP contribution in [0.2, 0.25) is 0 Å². The van der Waals surface area contributed by atoms with Crippen molar-refractivity contribution in [2.75, 3.05) is 18.4 Å². The van der Waals surface area contributed by atoms with Crippen LogP contribution in [0.3, 0.4) is 0 Å². The molecule has 92 valence electrons. The number of benzene rings is 1. The zero-order valence-electron chi connectivity index (χ0n) is 10.2. The molecule has 1 unspecified atom stereocenters. The number of rotatable bonds is 5. The molecule has 1 aromatic rings. The molecule has 0 bridgehead atoms. The summed E-state index contributed by atoms with van der Waals surface area (Å²) in [5, 5.41) is 12.3. The van der Waals surface area contributed by atoms with E-state index >= 15 is 0 Å². The third-order valence-corrected chi connectivity index (χ3v) is 3.40. The summed E-state index contributed by atoms with van der Waals surface area (Å²) in [6.45, 7) is 5.76. The number of hydrogen-bond acceptors (Lipinski definition) is 3. The van der Waals surface area contributed by atoms with Gasteiger partial charge >= 0.3 is 0 Å². The van der Waals surface area contributed by atoms with Crippen molar-refractivity contribution in [3.63, 3.8) is 0 Å². The molecule has 0 spiro atoms. The average molecular weight is 296 g/mol. The van der Waals surface area contributed by atoms with Crippen molar-refractivity contribution in [3.8, 4) is 6.07 Å². The largest absolute Gasteiger partial charge is 0.384 e. The summed E-state index contributed by atoms with van der Waals surface area (Å²) in [4.78, 5) is 0. The minimum absolute atomic E-state index is 0.417. The van der Waals surface area contributed by atoms with E-state index in [0.717, 1.165) is 16.7 Å². The Kier molecular flexibility index (Phi) is 5.46. The molecule has 0 radical (unpaired) electrons. The van der Waals surface area contributed by atoms with Gasteiger partial charge in [-0.25, -0.2) is 0 Å². The molecule has 0 aromatic heterocycles. The maximum absolute atomic E-state index is 9.01. The van der Waals surface area contributed by atoms with Crippen LogP contribution >= 0.6 is 15.9 Å². The van der Waals surface area contributed by atoms with Gasteiger partial charge in [-0.3, -0.25) is 0 Å². The molecular weight excluding hydrogens is 278 g/mol. The van der Waals surface area contributed by atoms with Crippen molar-refractivity contribution in [2.24, 2.45) is 17.6 Å². The maximum Gasteiger partial charge on any atom is 0.101 e. The Morgan fingerprint density at radius 2 is 2.18 bits per heavy atom. The standard InChI is InChI=1S/C13H18BrN3/c1-9(2)11(7-16)8-17-13-5-12(14)4-3-10(13)6-15/h3-5,9,11,17H,7-8,16H2,1-2H3. The predicted molar refractivity (Wildman–Crippen MR) is 74.7 cm³/mol. The summed E-state index contributed by atoms with van der Waals surface area (Å²) >= 11 is 3.40. The third-order valence-electron chi connectivity index (χ3n) is 2.90. The number of halogens is 1. The molecule has 0 aliphatic rings. The molecule has 0 aliphatic carbocycles. The SMILES string of the molecule is CC(C)C(CN)CNc1cc(Br)ccc1C#N. The van der Waals surface area contributed by atoms with Gasteiger partial charge in [0.1, 0.15) is 6.07 Å². The molecular formula is C13H18BrN3. The van der Waals surface area contributed by atoms with Crippen LogP contribution in [0, 0.1) is 23.2 Å². The van der Waals surface area contributed by atoms with Gasteiger partial charge in [0.15, 0.2) is 0 Å². The molecule has 0 amide bonds. The van der Waals surface area contributed by atoms with Gasteiger partial charge in [-0.2, -0.15) is 5.26 Å². The maximum atomic E-state index is 9.01. The van der Waals surface area contributed by atoms with Gasteiger partial charge in [-0.05, 0) is 36.6 Å². The first-order valence-electron chi connectivity index (χ1n) is 5.72. The zero-order valence-corrected chi connectivity index (χ0v) is 11.8. The molecule has 0 saturated carbocycles. The quantitative estimate of drug-likeness (QED) is 0.878. The number of nitrogens with one attached hydrogen (secondary N) is 1. The fourth-order valence-corrected chi connectivity index (χ4v) is 1.95. The molecule has 1 rings (SSSR count). The second-order valence-corrected chi connectivity index (χ2v) is 5.34. The Labute approximate surface area is 111 Å². The van der Waals surface area contributed by atoms with Crippen molar-refractivity contribution in [1.29, 1.82) is 5.26 Å². The van der Waals surface area contributed by atoms with E-state index < -0.39 is 0 Å². The molecule has 0 fully saturated rings. The van der Waals surface area contributed by atoms with Crippen molar-refractivity contribution < 1.29 is 0 Å². The van der Waals surface area contributed by atoms with Gasteiger partial charge < -0.3 is 11.1 Å². The van der Waals surface area contributed by atoms with Gasteiger partial charge in [0.25, 0.3) is 0 Å². The van der Waals surface area contributed by atoms with Gasteiger partial charge in [0.05, 0.1) is 11.3 Å². The zero-order chi connectivity index (χ0) is 12.8. The van der Waals surface area contributed by atoms with Crippen LogP contribution in [0.25, 0.3) is 0 Å². The van der Waals surface area contributed by atoms with Gasteiger partial charge in [0.2, 0.25) is 0 Å². The first-order valence-corrected chi connectivity index (χ1v) is 6.51. The van der Waals surface area contributed by atoms with Crippen LogP contribution in [-0.4, -0.2) is 13.1 Å². The Balaban J connectivity index is 2.75. The van der Waals surface area contributed by atoms with E-state index in [2.05, 4.69) is 41.2 Å². The lowest BCUT2D eigenvalue weighted by molar-refractivity contribution is 0.413. The summed E-state index contributed by atoms with van der Waals surface area (Å²) in [7, 11) is 0. The van der Waals surface area contributed by atoms with Crippen LogP contribution in [0.4, 0.5) is 5.69 Å². The van der Waals surface area contributed by atoms with Crippen molar-refractivity contribution >= 4 is 21.6 Å². The summed E-state index contributed by atoms with van der Waals surface area (Å²) in [6.07, 6.45) is 0. The topological polar surface area (TPSA) is 61.8 Å². The molecule has 17 heavy (non-hydrogen) atoms. The van der Waals surface area contributed by atoms with E-state index in [9.17, 15) is 0 Å². The van der Waals surface area contributed by atoms with Crippen LogP contribution in [0.15, 0.2) is 22.7 Å². The van der Waals surface area contributed by atoms with Crippen molar-refractivity contribution in [1.82, 2.24) is 0 Å². The third kappa shape index (κ3) is 4.03. The van der Waals surface area contributed by atoms with E-state index in [0.29, 0.717) is 23.9 Å². The molecule has 3 N–H and O–H groups in total. The Morgan fingerprint density at radius 1 is 1.47 bits per heavy atom. The van der Waals surface area contributed by atoms with Gasteiger partial charge in [-0.15, -0.1) is 0 Å². The summed E-state index contributed by atoms with van der Waals surface area (Å²) in [6, 6.07) is 7.77. The smallest absolute Gasteiger partial charge is 0.101 e. The number of nitrogens with two attached hydrogens (primary N) is 1. The molecule has 1 aromatic carbocycles. The summed E-state index contributed by atoms with van der Waals surface area (Å²) < 4.78 is 0.966. The fraction of sp³-hybridized carbons (Fsp3) is 0.462. The summed E-state index contributed by atoms with van der Waals surface area (Å²) in [5.74, 6) is 0.950. The number of hydrogen-bond donors (Lipinski definition) is 2. The highest BCUT2D eigenvalue weighted by Gasteiger charge is 2.12. The van der Waals surface area contributed by atoms with E-state index in [1.807, 2.05) is 12.1 Å². The highest BCUT2D eigenvalue weighted by atomic mass is 79.9. The van der Waals surface area contributed by atoms with Crippen molar-refractivity contribution in [3.05, 3.63) is 28.2 Å². The van der Waals surface area contributed by atoms with Gasteiger partial charge in [-0.1, -0.05) is 29.8 Å². The Hall–Kier alpha value is -1.05. The highest BCUT2D eigenvalue weighted by Crippen LogP contribution is 2.21. The highest BCUT2D eigenvalue weighted by molar-refractivity contribution is 9.10. The second kappa shape index (κ2) is 6.63. The Morgan fingerprint density at radius 3 is 2.71 bits per heavy atom. The average Bonchev–Trinajstić information content (AvgIpc) is 2.29. The lowest BCUT2D eigenvalue weighted by Crippen LogP contribution is -2.27. The monoisotopic (exact) mass is 295 g/mol. The number of nitrogens with zero attached hydrogens (tertiary/aromatic N) is 1. The van der Waals surface area contributed by atoms with E-state index in [1.165, 1.54) is 0 Å². The first kappa shape index (κ1) is 14.0. The van der Waals surface area contributed by atoms with Crippen LogP contribution in [0.5, 0.6) is 0 Å².